The Balaban J connectivity index is 1.37. The molecule has 0 spiro atoms. The number of nitrogens with two attached hydrogens (primary N) is 1. The van der Waals surface area contributed by atoms with Crippen LogP contribution in [0.25, 0.3) is 0 Å². The van der Waals surface area contributed by atoms with E-state index in [1.165, 1.54) is 51.5 Å². The predicted octanol–water partition coefficient (Wildman–Crippen LogP) is 3.32. The fourth-order valence-electron chi connectivity index (χ4n) is 6.99. The Labute approximate surface area is 173 Å². The molecule has 5 rings (SSSR count). The Bertz CT molecular complexity index is 740. The zero-order valence-electron chi connectivity index (χ0n) is 17.5. The van der Waals surface area contributed by atoms with Crippen molar-refractivity contribution in [1.29, 1.82) is 0 Å². The number of methoxy groups -OCH3 is 1. The second-order valence-corrected chi connectivity index (χ2v) is 9.78. The van der Waals surface area contributed by atoms with Gasteiger partial charge in [-0.1, -0.05) is 18.6 Å². The molecule has 1 saturated carbocycles. The molecule has 2 unspecified atom stereocenters. The maximum atomic E-state index is 11.8. The Kier molecular flexibility index (Phi) is 5.17. The molecular formula is C24H34N2O3. The van der Waals surface area contributed by atoms with Crippen LogP contribution in [0.4, 0.5) is 0 Å². The summed E-state index contributed by atoms with van der Waals surface area (Å²) in [7, 11) is 1.86. The number of ether oxygens (including phenoxy) is 2. The quantitative estimate of drug-likeness (QED) is 0.826. The van der Waals surface area contributed by atoms with Gasteiger partial charge < -0.3 is 20.1 Å². The fourth-order valence-corrected chi connectivity index (χ4v) is 6.99. The van der Waals surface area contributed by atoms with Crippen LogP contribution in [-0.4, -0.2) is 49.8 Å². The molecule has 158 valence electrons. The Hall–Kier alpha value is -1.43. The highest BCUT2D eigenvalue weighted by atomic mass is 16.5. The minimum absolute atomic E-state index is 0.297. The number of fused-ring (bicyclic) bond motifs is 4. The highest BCUT2D eigenvalue weighted by molar-refractivity contribution is 5.92. The Morgan fingerprint density at radius 1 is 1.17 bits per heavy atom. The molecule has 5 atom stereocenters. The van der Waals surface area contributed by atoms with E-state index in [4.69, 9.17) is 15.2 Å². The first-order valence-electron chi connectivity index (χ1n) is 11.4. The standard InChI is InChI=1S/C24H34N2O3/c1-28-24(18-5-2-4-17(12-18)23(25)27)19-6-3-7-20(24)15-26(14-19)13-16-10-21-8-9-22(11-16)29-21/h2,4-5,12,16,19-22H,3,6-11,13-15H2,1H3,(H2,25,27)/t16-,19?,20?,21-,22+,24?. The minimum atomic E-state index is -0.366. The second-order valence-electron chi connectivity index (χ2n) is 9.78. The van der Waals surface area contributed by atoms with E-state index in [9.17, 15) is 4.79 Å². The first kappa shape index (κ1) is 19.5. The molecule has 4 aliphatic rings. The highest BCUT2D eigenvalue weighted by Gasteiger charge is 2.53. The van der Waals surface area contributed by atoms with Gasteiger partial charge in [-0.25, -0.2) is 0 Å². The van der Waals surface area contributed by atoms with Crippen LogP contribution in [0, 0.1) is 17.8 Å². The number of nitrogens with zero attached hydrogens (tertiary/aromatic N) is 1. The number of hydrogen-bond donors (Lipinski definition) is 1. The summed E-state index contributed by atoms with van der Waals surface area (Å²) in [6.07, 6.45) is 9.64. The van der Waals surface area contributed by atoms with E-state index in [1.807, 2.05) is 19.2 Å². The average Bonchev–Trinajstić information content (AvgIpc) is 3.05. The monoisotopic (exact) mass is 398 g/mol. The van der Waals surface area contributed by atoms with Crippen LogP contribution >= 0.6 is 0 Å². The van der Waals surface area contributed by atoms with Crippen LogP contribution in [0.1, 0.15) is 60.9 Å². The predicted molar refractivity (Wildman–Crippen MR) is 112 cm³/mol. The Morgan fingerprint density at radius 2 is 1.86 bits per heavy atom. The molecule has 4 fully saturated rings. The summed E-state index contributed by atoms with van der Waals surface area (Å²) in [5.41, 5.74) is 6.99. The number of hydrogen-bond acceptors (Lipinski definition) is 4. The molecule has 4 bridgehead atoms. The van der Waals surface area contributed by atoms with Crippen LogP contribution in [0.2, 0.25) is 0 Å². The molecular weight excluding hydrogens is 364 g/mol. The van der Waals surface area contributed by atoms with E-state index in [0.717, 1.165) is 24.6 Å². The lowest BCUT2D eigenvalue weighted by molar-refractivity contribution is -0.171. The van der Waals surface area contributed by atoms with E-state index in [1.54, 1.807) is 6.07 Å². The number of amides is 1. The zero-order valence-corrected chi connectivity index (χ0v) is 17.5. The summed E-state index contributed by atoms with van der Waals surface area (Å²) < 4.78 is 12.4. The van der Waals surface area contributed by atoms with Crippen LogP contribution < -0.4 is 5.73 Å². The van der Waals surface area contributed by atoms with Crippen molar-refractivity contribution in [3.63, 3.8) is 0 Å². The van der Waals surface area contributed by atoms with Gasteiger partial charge in [-0.2, -0.15) is 0 Å². The molecule has 5 nitrogen and oxygen atoms in total. The van der Waals surface area contributed by atoms with Crippen molar-refractivity contribution >= 4 is 5.91 Å². The van der Waals surface area contributed by atoms with E-state index < -0.39 is 0 Å². The van der Waals surface area contributed by atoms with Gasteiger partial charge in [-0.3, -0.25) is 4.79 Å². The number of rotatable bonds is 5. The van der Waals surface area contributed by atoms with Gasteiger partial charge in [0.1, 0.15) is 5.60 Å². The van der Waals surface area contributed by atoms with Gasteiger partial charge in [0, 0.05) is 44.1 Å². The third kappa shape index (κ3) is 3.41. The van der Waals surface area contributed by atoms with Gasteiger partial charge in [-0.05, 0) is 62.1 Å². The molecule has 3 saturated heterocycles. The van der Waals surface area contributed by atoms with Gasteiger partial charge in [0.2, 0.25) is 5.91 Å². The van der Waals surface area contributed by atoms with Crippen LogP contribution in [-0.2, 0) is 15.1 Å². The number of carbonyl (C=O) groups is 1. The van der Waals surface area contributed by atoms with Gasteiger partial charge in [0.25, 0.3) is 0 Å². The summed E-state index contributed by atoms with van der Waals surface area (Å²) >= 11 is 0. The molecule has 1 amide bonds. The van der Waals surface area contributed by atoms with Gasteiger partial charge in [0.15, 0.2) is 0 Å². The lowest BCUT2D eigenvalue weighted by Crippen LogP contribution is -2.59. The third-order valence-electron chi connectivity index (χ3n) is 8.12. The number of piperidine rings is 1. The van der Waals surface area contributed by atoms with Crippen molar-refractivity contribution in [3.8, 4) is 0 Å². The number of benzene rings is 1. The zero-order chi connectivity index (χ0) is 20.0. The summed E-state index contributed by atoms with van der Waals surface area (Å²) in [6.45, 7) is 3.36. The molecule has 0 aromatic heterocycles. The molecule has 0 radical (unpaired) electrons. The molecule has 29 heavy (non-hydrogen) atoms. The lowest BCUT2D eigenvalue weighted by Gasteiger charge is -2.56. The normalized spacial score (nSPS) is 39.4. The van der Waals surface area contributed by atoms with Crippen molar-refractivity contribution < 1.29 is 14.3 Å². The van der Waals surface area contributed by atoms with Gasteiger partial charge >= 0.3 is 0 Å². The van der Waals surface area contributed by atoms with E-state index >= 15 is 0 Å². The topological polar surface area (TPSA) is 64.8 Å². The van der Waals surface area contributed by atoms with Crippen molar-refractivity contribution in [3.05, 3.63) is 35.4 Å². The van der Waals surface area contributed by atoms with Crippen LogP contribution in [0.15, 0.2) is 24.3 Å². The molecule has 1 aliphatic carbocycles. The maximum Gasteiger partial charge on any atom is 0.248 e. The highest BCUT2D eigenvalue weighted by Crippen LogP contribution is 2.52. The number of primary amides is 1. The van der Waals surface area contributed by atoms with Crippen molar-refractivity contribution in [1.82, 2.24) is 4.90 Å². The molecule has 3 heterocycles. The second kappa shape index (κ2) is 7.68. The summed E-state index contributed by atoms with van der Waals surface area (Å²) in [5, 5.41) is 0. The van der Waals surface area contributed by atoms with E-state index in [-0.39, 0.29) is 11.5 Å². The molecule has 1 aromatic carbocycles. The smallest absolute Gasteiger partial charge is 0.248 e. The van der Waals surface area contributed by atoms with Crippen molar-refractivity contribution in [2.24, 2.45) is 23.5 Å². The van der Waals surface area contributed by atoms with Crippen LogP contribution in [0.3, 0.4) is 0 Å². The van der Waals surface area contributed by atoms with Gasteiger partial charge in [-0.15, -0.1) is 0 Å². The average molecular weight is 399 g/mol. The molecule has 3 aliphatic heterocycles. The summed E-state index contributed by atoms with van der Waals surface area (Å²) in [6, 6.07) is 7.87. The fraction of sp³-hybridized carbons (Fsp3) is 0.708. The number of likely N-dealkylation sites (tertiary alicyclic amines) is 1. The first-order valence-corrected chi connectivity index (χ1v) is 11.4. The molecule has 2 N–H and O–H groups in total. The van der Waals surface area contributed by atoms with E-state index in [2.05, 4.69) is 11.0 Å². The molecule has 5 heteroatoms. The minimum Gasteiger partial charge on any atom is -0.375 e. The largest absolute Gasteiger partial charge is 0.375 e. The third-order valence-corrected chi connectivity index (χ3v) is 8.12. The van der Waals surface area contributed by atoms with Gasteiger partial charge in [0.05, 0.1) is 12.2 Å². The summed E-state index contributed by atoms with van der Waals surface area (Å²) in [5.74, 6) is 1.32. The first-order chi connectivity index (χ1) is 14.1. The Morgan fingerprint density at radius 3 is 2.48 bits per heavy atom. The van der Waals surface area contributed by atoms with E-state index in [0.29, 0.717) is 29.6 Å². The van der Waals surface area contributed by atoms with Crippen molar-refractivity contribution in [2.75, 3.05) is 26.7 Å². The number of carbonyl (C=O) groups excluding carboxylic acids is 1. The maximum absolute atomic E-state index is 11.8. The summed E-state index contributed by atoms with van der Waals surface area (Å²) in [4.78, 5) is 14.5. The van der Waals surface area contributed by atoms with Crippen molar-refractivity contribution in [2.45, 2.75) is 62.8 Å². The van der Waals surface area contributed by atoms with Crippen LogP contribution in [0.5, 0.6) is 0 Å². The molecule has 1 aromatic rings. The lowest BCUT2D eigenvalue weighted by atomic mass is 9.62. The SMILES string of the molecule is COC1(c2cccc(C(N)=O)c2)C2CCCC1CN(C[C@@H]1C[C@H]3CC[C@@H](C1)O3)C2.